The lowest BCUT2D eigenvalue weighted by atomic mass is 9.95. The highest BCUT2D eigenvalue weighted by atomic mass is 32.2. The van der Waals surface area contributed by atoms with Gasteiger partial charge in [-0.15, -0.1) is 0 Å². The Hall–Kier alpha value is -2.74. The molecule has 0 aromatic heterocycles. The van der Waals surface area contributed by atoms with Crippen LogP contribution in [0.4, 0.5) is 10.1 Å². The lowest BCUT2D eigenvalue weighted by molar-refractivity contribution is -0.123. The second kappa shape index (κ2) is 7.35. The van der Waals surface area contributed by atoms with Crippen molar-refractivity contribution in [3.63, 3.8) is 0 Å². The molecule has 8 heteroatoms. The molecule has 1 heterocycles. The van der Waals surface area contributed by atoms with E-state index in [0.29, 0.717) is 18.5 Å². The highest BCUT2D eigenvalue weighted by Gasteiger charge is 2.49. The van der Waals surface area contributed by atoms with Crippen LogP contribution in [0.5, 0.6) is 0 Å². The van der Waals surface area contributed by atoms with Gasteiger partial charge in [0.2, 0.25) is 15.9 Å². The maximum atomic E-state index is 12.9. The molecule has 1 fully saturated rings. The summed E-state index contributed by atoms with van der Waals surface area (Å²) in [7, 11) is -3.72. The van der Waals surface area contributed by atoms with Crippen LogP contribution < -0.4 is 9.62 Å². The van der Waals surface area contributed by atoms with E-state index in [1.165, 1.54) is 36.4 Å². The molecule has 0 bridgehead atoms. The first kappa shape index (κ1) is 20.0. The number of nitrogens with zero attached hydrogens (tertiary/aromatic N) is 1. The first-order valence-corrected chi connectivity index (χ1v) is 10.4. The number of sulfonamides is 1. The first-order valence-electron chi connectivity index (χ1n) is 8.80. The first-order chi connectivity index (χ1) is 13.1. The number of rotatable bonds is 5. The van der Waals surface area contributed by atoms with E-state index in [2.05, 4.69) is 5.32 Å². The smallest absolute Gasteiger partial charge is 0.251 e. The molecule has 3 rings (SSSR count). The standard InChI is InChI=1S/C20H21FN2O4S/c1-20(2)13-28(26,27)23(19(20)25)17-9-5-15(6-10-17)18(24)22-12-11-14-3-7-16(21)8-4-14/h3-10H,11-13H2,1-2H3,(H,22,24). The molecule has 2 aromatic carbocycles. The van der Waals surface area contributed by atoms with Crippen molar-refractivity contribution in [3.05, 3.63) is 65.5 Å². The predicted octanol–water partition coefficient (Wildman–Crippen LogP) is 2.50. The van der Waals surface area contributed by atoms with E-state index in [0.717, 1.165) is 9.87 Å². The molecule has 0 aliphatic carbocycles. The van der Waals surface area contributed by atoms with E-state index in [1.54, 1.807) is 26.0 Å². The molecular weight excluding hydrogens is 383 g/mol. The van der Waals surface area contributed by atoms with Crippen LogP contribution in [0.15, 0.2) is 48.5 Å². The zero-order valence-corrected chi connectivity index (χ0v) is 16.4. The Balaban J connectivity index is 1.64. The summed E-state index contributed by atoms with van der Waals surface area (Å²) in [5.41, 5.74) is 0.497. The molecule has 0 atom stereocenters. The van der Waals surface area contributed by atoms with Gasteiger partial charge in [0, 0.05) is 12.1 Å². The molecule has 28 heavy (non-hydrogen) atoms. The number of nitrogens with one attached hydrogen (secondary N) is 1. The molecular formula is C20H21FN2O4S. The third-order valence-corrected chi connectivity index (χ3v) is 6.58. The molecule has 0 saturated carbocycles. The minimum absolute atomic E-state index is 0.221. The van der Waals surface area contributed by atoms with Crippen molar-refractivity contribution in [3.8, 4) is 0 Å². The van der Waals surface area contributed by atoms with Gasteiger partial charge in [-0.2, -0.15) is 0 Å². The number of anilines is 1. The van der Waals surface area contributed by atoms with Crippen molar-refractivity contribution >= 4 is 27.5 Å². The van der Waals surface area contributed by atoms with Crippen LogP contribution in [0, 0.1) is 11.2 Å². The van der Waals surface area contributed by atoms with Gasteiger partial charge in [-0.1, -0.05) is 12.1 Å². The molecule has 0 radical (unpaired) electrons. The van der Waals surface area contributed by atoms with Crippen LogP contribution in [0.1, 0.15) is 29.8 Å². The molecule has 1 N–H and O–H groups in total. The van der Waals surface area contributed by atoms with Crippen LogP contribution in [0.25, 0.3) is 0 Å². The van der Waals surface area contributed by atoms with Gasteiger partial charge in [-0.05, 0) is 62.2 Å². The SMILES string of the molecule is CC1(C)CS(=O)(=O)N(c2ccc(C(=O)NCCc3ccc(F)cc3)cc2)C1=O. The van der Waals surface area contributed by atoms with Crippen LogP contribution >= 0.6 is 0 Å². The molecule has 6 nitrogen and oxygen atoms in total. The molecule has 0 unspecified atom stereocenters. The Morgan fingerprint density at radius 3 is 2.25 bits per heavy atom. The van der Waals surface area contributed by atoms with Crippen molar-refractivity contribution in [2.75, 3.05) is 16.6 Å². The van der Waals surface area contributed by atoms with Gasteiger partial charge in [0.15, 0.2) is 0 Å². The highest BCUT2D eigenvalue weighted by Crippen LogP contribution is 2.35. The Kier molecular flexibility index (Phi) is 5.25. The lowest BCUT2D eigenvalue weighted by Crippen LogP contribution is -2.33. The van der Waals surface area contributed by atoms with Crippen molar-refractivity contribution in [2.45, 2.75) is 20.3 Å². The summed E-state index contributed by atoms with van der Waals surface area (Å²) in [5, 5.41) is 2.76. The summed E-state index contributed by atoms with van der Waals surface area (Å²) in [4.78, 5) is 24.6. The highest BCUT2D eigenvalue weighted by molar-refractivity contribution is 7.94. The second-order valence-corrected chi connectivity index (χ2v) is 9.21. The summed E-state index contributed by atoms with van der Waals surface area (Å²) in [6, 6.07) is 11.9. The fourth-order valence-electron chi connectivity index (χ4n) is 3.08. The van der Waals surface area contributed by atoms with Gasteiger partial charge in [0.25, 0.3) is 5.91 Å². The van der Waals surface area contributed by atoms with E-state index in [1.807, 2.05) is 0 Å². The maximum Gasteiger partial charge on any atom is 0.251 e. The van der Waals surface area contributed by atoms with Gasteiger partial charge < -0.3 is 5.32 Å². The number of carbonyl (C=O) groups is 2. The van der Waals surface area contributed by atoms with Gasteiger partial charge in [-0.25, -0.2) is 17.1 Å². The summed E-state index contributed by atoms with van der Waals surface area (Å²) in [6.07, 6.45) is 0.555. The van der Waals surface area contributed by atoms with Crippen molar-refractivity contribution in [1.82, 2.24) is 5.32 Å². The number of benzene rings is 2. The third kappa shape index (κ3) is 4.06. The average Bonchev–Trinajstić information content (AvgIpc) is 2.79. The zero-order chi connectivity index (χ0) is 20.5. The molecule has 1 saturated heterocycles. The predicted molar refractivity (Wildman–Crippen MR) is 104 cm³/mol. The minimum Gasteiger partial charge on any atom is -0.352 e. The number of carbonyl (C=O) groups excluding carboxylic acids is 2. The largest absolute Gasteiger partial charge is 0.352 e. The van der Waals surface area contributed by atoms with E-state index >= 15 is 0 Å². The zero-order valence-electron chi connectivity index (χ0n) is 15.6. The van der Waals surface area contributed by atoms with Crippen molar-refractivity contribution in [1.29, 1.82) is 0 Å². The fourth-order valence-corrected chi connectivity index (χ4v) is 5.19. The summed E-state index contributed by atoms with van der Waals surface area (Å²) in [5.74, 6) is -1.35. The minimum atomic E-state index is -3.72. The Bertz CT molecular complexity index is 1000. The van der Waals surface area contributed by atoms with Crippen LogP contribution in [-0.4, -0.2) is 32.5 Å². The van der Waals surface area contributed by atoms with Crippen molar-refractivity contribution in [2.24, 2.45) is 5.41 Å². The number of amides is 2. The number of halogens is 1. The van der Waals surface area contributed by atoms with Crippen LogP contribution in [0.3, 0.4) is 0 Å². The number of hydrogen-bond donors (Lipinski definition) is 1. The summed E-state index contributed by atoms with van der Waals surface area (Å²) in [6.45, 7) is 3.56. The summed E-state index contributed by atoms with van der Waals surface area (Å²) < 4.78 is 38.3. The van der Waals surface area contributed by atoms with Gasteiger partial charge in [0.1, 0.15) is 5.82 Å². The summed E-state index contributed by atoms with van der Waals surface area (Å²) >= 11 is 0. The van der Waals surface area contributed by atoms with E-state index in [4.69, 9.17) is 0 Å². The average molecular weight is 404 g/mol. The normalized spacial score (nSPS) is 17.5. The quantitative estimate of drug-likeness (QED) is 0.830. The van der Waals surface area contributed by atoms with Crippen LogP contribution in [0.2, 0.25) is 0 Å². The van der Waals surface area contributed by atoms with E-state index in [9.17, 15) is 22.4 Å². The molecule has 2 amide bonds. The lowest BCUT2D eigenvalue weighted by Gasteiger charge is -2.17. The fraction of sp³-hybridized carbons (Fsp3) is 0.300. The maximum absolute atomic E-state index is 12.9. The molecule has 0 spiro atoms. The van der Waals surface area contributed by atoms with Crippen LogP contribution in [-0.2, 0) is 21.2 Å². The molecule has 2 aromatic rings. The topological polar surface area (TPSA) is 83.6 Å². The third-order valence-electron chi connectivity index (χ3n) is 4.56. The molecule has 148 valence electrons. The van der Waals surface area contributed by atoms with E-state index in [-0.39, 0.29) is 23.2 Å². The second-order valence-electron chi connectivity index (χ2n) is 7.39. The van der Waals surface area contributed by atoms with Gasteiger partial charge >= 0.3 is 0 Å². The Morgan fingerprint density at radius 1 is 1.11 bits per heavy atom. The Morgan fingerprint density at radius 2 is 1.71 bits per heavy atom. The molecule has 1 aliphatic rings. The number of hydrogen-bond acceptors (Lipinski definition) is 4. The van der Waals surface area contributed by atoms with E-state index < -0.39 is 21.3 Å². The monoisotopic (exact) mass is 404 g/mol. The molecule has 1 aliphatic heterocycles. The Labute approximate surface area is 163 Å². The van der Waals surface area contributed by atoms with Gasteiger partial charge in [-0.3, -0.25) is 9.59 Å². The van der Waals surface area contributed by atoms with Crippen molar-refractivity contribution < 1.29 is 22.4 Å². The van der Waals surface area contributed by atoms with Gasteiger partial charge in [0.05, 0.1) is 16.9 Å².